The lowest BCUT2D eigenvalue weighted by molar-refractivity contribution is 0.184. The minimum Gasteiger partial charge on any atom is -0.379 e. The summed E-state index contributed by atoms with van der Waals surface area (Å²) in [6, 6.07) is 0.158. The molecule has 1 unspecified atom stereocenters. The van der Waals surface area contributed by atoms with Crippen molar-refractivity contribution in [2.75, 3.05) is 45.9 Å². The van der Waals surface area contributed by atoms with E-state index in [1.807, 2.05) is 0 Å². The molecule has 2 aliphatic heterocycles. The molecule has 3 rings (SSSR count). The van der Waals surface area contributed by atoms with Crippen LogP contribution in [0.15, 0.2) is 17.3 Å². The molecule has 1 aromatic rings. The van der Waals surface area contributed by atoms with E-state index in [1.54, 1.807) is 15.2 Å². The van der Waals surface area contributed by atoms with Gasteiger partial charge in [-0.2, -0.15) is 9.40 Å². The summed E-state index contributed by atoms with van der Waals surface area (Å²) in [5.41, 5.74) is 0. The van der Waals surface area contributed by atoms with Gasteiger partial charge >= 0.3 is 0 Å². The molecule has 0 saturated carbocycles. The lowest BCUT2D eigenvalue weighted by atomic mass is 10.3. The van der Waals surface area contributed by atoms with Crippen molar-refractivity contribution in [2.45, 2.75) is 24.3 Å². The maximum absolute atomic E-state index is 12.6. The average Bonchev–Trinajstić information content (AvgIpc) is 3.18. The molecule has 2 fully saturated rings. The molecular formula is C13H22N4O3S. The topological polar surface area (TPSA) is 67.7 Å². The predicted octanol–water partition coefficient (Wildman–Crippen LogP) is 0.171. The fourth-order valence-corrected chi connectivity index (χ4v) is 4.18. The molecule has 0 aliphatic carbocycles. The second-order valence-electron chi connectivity index (χ2n) is 5.51. The summed E-state index contributed by atoms with van der Waals surface area (Å²) in [5, 5.41) is 4.21. The van der Waals surface area contributed by atoms with Crippen molar-refractivity contribution in [3.63, 3.8) is 0 Å². The third-order valence-electron chi connectivity index (χ3n) is 4.27. The van der Waals surface area contributed by atoms with Gasteiger partial charge in [0.15, 0.2) is 0 Å². The first-order valence-corrected chi connectivity index (χ1v) is 8.89. The molecule has 0 aromatic carbocycles. The van der Waals surface area contributed by atoms with E-state index in [9.17, 15) is 8.42 Å². The smallest absolute Gasteiger partial charge is 0.246 e. The van der Waals surface area contributed by atoms with E-state index in [-0.39, 0.29) is 6.04 Å². The number of hydrogen-bond donors (Lipinski definition) is 0. The van der Waals surface area contributed by atoms with E-state index in [0.29, 0.717) is 31.2 Å². The molecule has 0 bridgehead atoms. The largest absolute Gasteiger partial charge is 0.379 e. The quantitative estimate of drug-likeness (QED) is 0.792. The molecule has 8 heteroatoms. The summed E-state index contributed by atoms with van der Waals surface area (Å²) in [6.45, 7) is 7.07. The highest BCUT2D eigenvalue weighted by Gasteiger charge is 2.30. The number of hydrogen-bond acceptors (Lipinski definition) is 5. The monoisotopic (exact) mass is 314 g/mol. The molecule has 0 radical (unpaired) electrons. The summed E-state index contributed by atoms with van der Waals surface area (Å²) < 4.78 is 33.9. The van der Waals surface area contributed by atoms with Crippen LogP contribution in [-0.2, 0) is 14.8 Å². The van der Waals surface area contributed by atoms with Crippen LogP contribution in [0, 0.1) is 0 Å². The third-order valence-corrected chi connectivity index (χ3v) is 6.13. The number of likely N-dealkylation sites (N-methyl/N-ethyl adjacent to an activating group) is 1. The fourth-order valence-electron chi connectivity index (χ4n) is 2.82. The van der Waals surface area contributed by atoms with E-state index in [2.05, 4.69) is 16.9 Å². The normalized spacial score (nSPS) is 25.5. The minimum atomic E-state index is -3.42. The minimum absolute atomic E-state index is 0.158. The van der Waals surface area contributed by atoms with Gasteiger partial charge in [0.05, 0.1) is 18.8 Å². The Bertz CT molecular complexity index is 572. The van der Waals surface area contributed by atoms with Crippen molar-refractivity contribution < 1.29 is 13.2 Å². The lowest BCUT2D eigenvalue weighted by Gasteiger charge is -2.32. The summed E-state index contributed by atoms with van der Waals surface area (Å²) in [4.78, 5) is 2.55. The standard InChI is InChI=1S/C13H22N4O3S/c1-2-15-4-6-16(7-5-15)21(18,19)13-9-14-17(10-13)12-3-8-20-11-12/h9-10,12H,2-8,11H2,1H3. The first-order chi connectivity index (χ1) is 10.1. The number of sulfonamides is 1. The van der Waals surface area contributed by atoms with Gasteiger partial charge in [0, 0.05) is 39.0 Å². The van der Waals surface area contributed by atoms with Crippen LogP contribution in [0.2, 0.25) is 0 Å². The molecular weight excluding hydrogens is 292 g/mol. The van der Waals surface area contributed by atoms with Crippen molar-refractivity contribution in [2.24, 2.45) is 0 Å². The zero-order valence-corrected chi connectivity index (χ0v) is 13.1. The van der Waals surface area contributed by atoms with Gasteiger partial charge < -0.3 is 9.64 Å². The van der Waals surface area contributed by atoms with Gasteiger partial charge in [0.1, 0.15) is 4.90 Å². The Morgan fingerprint density at radius 3 is 2.71 bits per heavy atom. The van der Waals surface area contributed by atoms with E-state index < -0.39 is 10.0 Å². The zero-order chi connectivity index (χ0) is 14.9. The number of aromatic nitrogens is 2. The van der Waals surface area contributed by atoms with Crippen molar-refractivity contribution in [1.82, 2.24) is 19.0 Å². The van der Waals surface area contributed by atoms with Gasteiger partial charge in [-0.3, -0.25) is 4.68 Å². The maximum atomic E-state index is 12.6. The molecule has 21 heavy (non-hydrogen) atoms. The molecule has 1 aromatic heterocycles. The number of nitrogens with zero attached hydrogens (tertiary/aromatic N) is 4. The van der Waals surface area contributed by atoms with Crippen LogP contribution in [-0.4, -0.2) is 73.3 Å². The van der Waals surface area contributed by atoms with Crippen molar-refractivity contribution >= 4 is 10.0 Å². The van der Waals surface area contributed by atoms with Crippen LogP contribution in [0.25, 0.3) is 0 Å². The molecule has 2 aliphatic rings. The summed E-state index contributed by atoms with van der Waals surface area (Å²) in [7, 11) is -3.42. The summed E-state index contributed by atoms with van der Waals surface area (Å²) >= 11 is 0. The molecule has 0 spiro atoms. The van der Waals surface area contributed by atoms with Crippen LogP contribution in [0.3, 0.4) is 0 Å². The van der Waals surface area contributed by atoms with Gasteiger partial charge in [0.25, 0.3) is 0 Å². The van der Waals surface area contributed by atoms with Gasteiger partial charge in [-0.05, 0) is 13.0 Å². The van der Waals surface area contributed by atoms with Crippen molar-refractivity contribution in [3.8, 4) is 0 Å². The molecule has 0 amide bonds. The molecule has 1 atom stereocenters. The molecule has 3 heterocycles. The van der Waals surface area contributed by atoms with E-state index in [4.69, 9.17) is 4.74 Å². The van der Waals surface area contributed by atoms with Crippen LogP contribution in [0.5, 0.6) is 0 Å². The lowest BCUT2D eigenvalue weighted by Crippen LogP contribution is -2.48. The summed E-state index contributed by atoms with van der Waals surface area (Å²) in [6.07, 6.45) is 3.98. The first-order valence-electron chi connectivity index (χ1n) is 7.45. The molecule has 2 saturated heterocycles. The third kappa shape index (κ3) is 2.98. The summed E-state index contributed by atoms with van der Waals surface area (Å²) in [5.74, 6) is 0. The van der Waals surface area contributed by atoms with Crippen LogP contribution < -0.4 is 0 Å². The van der Waals surface area contributed by atoms with Crippen LogP contribution >= 0.6 is 0 Å². The number of piperazine rings is 1. The van der Waals surface area contributed by atoms with Gasteiger partial charge in [-0.25, -0.2) is 8.42 Å². The number of rotatable bonds is 4. The molecule has 118 valence electrons. The van der Waals surface area contributed by atoms with Crippen molar-refractivity contribution in [1.29, 1.82) is 0 Å². The molecule has 7 nitrogen and oxygen atoms in total. The van der Waals surface area contributed by atoms with Crippen molar-refractivity contribution in [3.05, 3.63) is 12.4 Å². The average molecular weight is 314 g/mol. The Balaban J connectivity index is 1.73. The Kier molecular flexibility index (Phi) is 4.30. The number of ether oxygens (including phenoxy) is 1. The Morgan fingerprint density at radius 2 is 2.10 bits per heavy atom. The van der Waals surface area contributed by atoms with Gasteiger partial charge in [-0.1, -0.05) is 6.92 Å². The maximum Gasteiger partial charge on any atom is 0.246 e. The second-order valence-corrected chi connectivity index (χ2v) is 7.45. The Hall–Kier alpha value is -0.960. The van der Waals surface area contributed by atoms with Crippen LogP contribution in [0.4, 0.5) is 0 Å². The Labute approximate surface area is 125 Å². The molecule has 0 N–H and O–H groups in total. The fraction of sp³-hybridized carbons (Fsp3) is 0.769. The SMILES string of the molecule is CCN1CCN(S(=O)(=O)c2cnn(C3CCOC3)c2)CC1. The zero-order valence-electron chi connectivity index (χ0n) is 12.3. The highest BCUT2D eigenvalue weighted by molar-refractivity contribution is 7.89. The van der Waals surface area contributed by atoms with Gasteiger partial charge in [0.2, 0.25) is 10.0 Å². The first kappa shape index (κ1) is 15.0. The van der Waals surface area contributed by atoms with Gasteiger partial charge in [-0.15, -0.1) is 0 Å². The van der Waals surface area contributed by atoms with E-state index >= 15 is 0 Å². The highest BCUT2D eigenvalue weighted by Crippen LogP contribution is 2.22. The van der Waals surface area contributed by atoms with E-state index in [0.717, 1.165) is 26.1 Å². The second kappa shape index (κ2) is 6.04. The highest BCUT2D eigenvalue weighted by atomic mass is 32.2. The van der Waals surface area contributed by atoms with Crippen LogP contribution in [0.1, 0.15) is 19.4 Å². The predicted molar refractivity (Wildman–Crippen MR) is 77.6 cm³/mol. The Morgan fingerprint density at radius 1 is 1.33 bits per heavy atom. The van der Waals surface area contributed by atoms with E-state index in [1.165, 1.54) is 6.20 Å².